The second-order valence-electron chi connectivity index (χ2n) is 3.29. The van der Waals surface area contributed by atoms with Crippen LogP contribution in [0.1, 0.15) is 23.6 Å². The molecule has 0 aliphatic carbocycles. The van der Waals surface area contributed by atoms with Crippen molar-refractivity contribution in [1.29, 1.82) is 0 Å². The molecule has 0 amide bonds. The molecule has 1 nitrogen and oxygen atoms in total. The number of rotatable bonds is 1. The monoisotopic (exact) mass is 161 g/mol. The molecule has 0 fully saturated rings. The van der Waals surface area contributed by atoms with Crippen molar-refractivity contribution in [2.75, 3.05) is 5.73 Å². The molecule has 2 N–H and O–H groups in total. The van der Waals surface area contributed by atoms with Gasteiger partial charge in [-0.25, -0.2) is 0 Å². The molecular formula is C11H15N. The van der Waals surface area contributed by atoms with Gasteiger partial charge in [0.05, 0.1) is 0 Å². The van der Waals surface area contributed by atoms with Crippen LogP contribution >= 0.6 is 0 Å². The molecule has 1 aromatic rings. The van der Waals surface area contributed by atoms with E-state index in [1.165, 1.54) is 16.7 Å². The van der Waals surface area contributed by atoms with Crippen LogP contribution in [0.3, 0.4) is 0 Å². The molecule has 1 aromatic carbocycles. The summed E-state index contributed by atoms with van der Waals surface area (Å²) in [5, 5.41) is 0. The predicted molar refractivity (Wildman–Crippen MR) is 55.0 cm³/mol. The maximum atomic E-state index is 5.72. The Hall–Kier alpha value is -1.24. The zero-order valence-electron chi connectivity index (χ0n) is 7.94. The number of allylic oxidation sites excluding steroid dienone is 1. The smallest absolute Gasteiger partial charge is 0.0322 e. The summed E-state index contributed by atoms with van der Waals surface area (Å²) in [6.45, 7) is 10.1. The number of anilines is 1. The fourth-order valence-corrected chi connectivity index (χ4v) is 1.33. The molecule has 12 heavy (non-hydrogen) atoms. The van der Waals surface area contributed by atoms with Crippen molar-refractivity contribution in [3.05, 3.63) is 35.4 Å². The fourth-order valence-electron chi connectivity index (χ4n) is 1.33. The summed E-state index contributed by atoms with van der Waals surface area (Å²) in [6, 6.07) is 3.96. The Labute approximate surface area is 73.9 Å². The highest BCUT2D eigenvalue weighted by molar-refractivity contribution is 5.69. The lowest BCUT2D eigenvalue weighted by Crippen LogP contribution is -1.93. The van der Waals surface area contributed by atoms with Crippen LogP contribution in [0.15, 0.2) is 18.7 Å². The maximum absolute atomic E-state index is 5.72. The van der Waals surface area contributed by atoms with Gasteiger partial charge in [-0.05, 0) is 49.6 Å². The topological polar surface area (TPSA) is 26.0 Å². The summed E-state index contributed by atoms with van der Waals surface area (Å²) in [5.74, 6) is 0. The van der Waals surface area contributed by atoms with E-state index in [0.717, 1.165) is 11.3 Å². The van der Waals surface area contributed by atoms with Crippen molar-refractivity contribution >= 4 is 11.3 Å². The van der Waals surface area contributed by atoms with Crippen molar-refractivity contribution in [1.82, 2.24) is 0 Å². The Kier molecular flexibility index (Phi) is 2.22. The summed E-state index contributed by atoms with van der Waals surface area (Å²) in [4.78, 5) is 0. The summed E-state index contributed by atoms with van der Waals surface area (Å²) >= 11 is 0. The molecular weight excluding hydrogens is 146 g/mol. The van der Waals surface area contributed by atoms with Gasteiger partial charge in [0.1, 0.15) is 0 Å². The van der Waals surface area contributed by atoms with Crippen LogP contribution in [0.2, 0.25) is 0 Å². The van der Waals surface area contributed by atoms with Gasteiger partial charge in [0.2, 0.25) is 0 Å². The lowest BCUT2D eigenvalue weighted by atomic mass is 9.98. The van der Waals surface area contributed by atoms with E-state index < -0.39 is 0 Å². The van der Waals surface area contributed by atoms with E-state index in [2.05, 4.69) is 20.4 Å². The van der Waals surface area contributed by atoms with Crippen LogP contribution in [0.25, 0.3) is 5.57 Å². The zero-order valence-corrected chi connectivity index (χ0v) is 7.94. The lowest BCUT2D eigenvalue weighted by Gasteiger charge is -2.09. The molecule has 1 heteroatoms. The minimum atomic E-state index is 0.816. The number of aryl methyl sites for hydroxylation is 1. The van der Waals surface area contributed by atoms with E-state index in [9.17, 15) is 0 Å². The molecule has 0 saturated carbocycles. The Balaban J connectivity index is 3.37. The average molecular weight is 161 g/mol. The van der Waals surface area contributed by atoms with Gasteiger partial charge in [-0.3, -0.25) is 0 Å². The average Bonchev–Trinajstić information content (AvgIpc) is 1.96. The minimum absolute atomic E-state index is 0.816. The van der Waals surface area contributed by atoms with Crippen LogP contribution in [-0.2, 0) is 0 Å². The minimum Gasteiger partial charge on any atom is -0.399 e. The number of hydrogen-bond donors (Lipinski definition) is 1. The van der Waals surface area contributed by atoms with Crippen molar-refractivity contribution in [3.8, 4) is 0 Å². The highest BCUT2D eigenvalue weighted by Gasteiger charge is 2.02. The van der Waals surface area contributed by atoms with E-state index in [4.69, 9.17) is 5.73 Å². The second-order valence-corrected chi connectivity index (χ2v) is 3.29. The predicted octanol–water partition coefficient (Wildman–Crippen LogP) is 2.92. The third-order valence-electron chi connectivity index (χ3n) is 2.15. The van der Waals surface area contributed by atoms with Crippen LogP contribution in [0.4, 0.5) is 5.69 Å². The number of nitrogen functional groups attached to an aromatic ring is 1. The third-order valence-corrected chi connectivity index (χ3v) is 2.15. The van der Waals surface area contributed by atoms with Crippen molar-refractivity contribution in [2.45, 2.75) is 20.8 Å². The Bertz CT molecular complexity index is 324. The number of benzene rings is 1. The molecule has 0 saturated heterocycles. The van der Waals surface area contributed by atoms with Gasteiger partial charge in [-0.1, -0.05) is 12.2 Å². The van der Waals surface area contributed by atoms with Gasteiger partial charge >= 0.3 is 0 Å². The molecule has 0 aromatic heterocycles. The Morgan fingerprint density at radius 2 is 1.92 bits per heavy atom. The van der Waals surface area contributed by atoms with Crippen molar-refractivity contribution in [2.24, 2.45) is 0 Å². The molecule has 0 atom stereocenters. The molecule has 0 heterocycles. The summed E-state index contributed by atoms with van der Waals surface area (Å²) in [6.07, 6.45) is 0. The molecule has 0 radical (unpaired) electrons. The first-order valence-corrected chi connectivity index (χ1v) is 4.05. The van der Waals surface area contributed by atoms with E-state index >= 15 is 0 Å². The highest BCUT2D eigenvalue weighted by Crippen LogP contribution is 2.22. The largest absolute Gasteiger partial charge is 0.399 e. The highest BCUT2D eigenvalue weighted by atomic mass is 14.5. The molecule has 0 unspecified atom stereocenters. The summed E-state index contributed by atoms with van der Waals surface area (Å²) < 4.78 is 0. The van der Waals surface area contributed by atoms with Gasteiger partial charge in [-0.15, -0.1) is 0 Å². The van der Waals surface area contributed by atoms with Crippen LogP contribution in [0, 0.1) is 13.8 Å². The van der Waals surface area contributed by atoms with Gasteiger partial charge in [-0.2, -0.15) is 0 Å². The van der Waals surface area contributed by atoms with Crippen LogP contribution in [0.5, 0.6) is 0 Å². The second kappa shape index (κ2) is 3.02. The van der Waals surface area contributed by atoms with E-state index in [-0.39, 0.29) is 0 Å². The van der Waals surface area contributed by atoms with Gasteiger partial charge < -0.3 is 5.73 Å². The van der Waals surface area contributed by atoms with E-state index in [1.54, 1.807) is 0 Å². The molecule has 0 spiro atoms. The molecule has 64 valence electrons. The van der Waals surface area contributed by atoms with Crippen molar-refractivity contribution in [3.63, 3.8) is 0 Å². The first kappa shape index (κ1) is 8.85. The van der Waals surface area contributed by atoms with Crippen molar-refractivity contribution < 1.29 is 0 Å². The van der Waals surface area contributed by atoms with Gasteiger partial charge in [0.15, 0.2) is 0 Å². The maximum Gasteiger partial charge on any atom is 0.0322 e. The number of hydrogen-bond acceptors (Lipinski definition) is 1. The quantitative estimate of drug-likeness (QED) is 0.630. The molecule has 0 aliphatic heterocycles. The first-order valence-electron chi connectivity index (χ1n) is 4.05. The summed E-state index contributed by atoms with van der Waals surface area (Å²) in [7, 11) is 0. The molecule has 1 rings (SSSR count). The van der Waals surface area contributed by atoms with E-state index in [0.29, 0.717) is 0 Å². The normalized spacial score (nSPS) is 9.92. The third kappa shape index (κ3) is 1.50. The fraction of sp³-hybridized carbons (Fsp3) is 0.273. The van der Waals surface area contributed by atoms with Gasteiger partial charge in [0, 0.05) is 5.69 Å². The van der Waals surface area contributed by atoms with Crippen LogP contribution < -0.4 is 5.73 Å². The zero-order chi connectivity index (χ0) is 9.30. The molecule has 0 aliphatic rings. The summed E-state index contributed by atoms with van der Waals surface area (Å²) in [5.41, 5.74) is 11.3. The van der Waals surface area contributed by atoms with Gasteiger partial charge in [0.25, 0.3) is 0 Å². The van der Waals surface area contributed by atoms with Crippen LogP contribution in [-0.4, -0.2) is 0 Å². The Morgan fingerprint density at radius 1 is 1.33 bits per heavy atom. The number of nitrogens with two attached hydrogens (primary N) is 1. The first-order chi connectivity index (χ1) is 5.52. The SMILES string of the molecule is C=C(C)c1cc(N)cc(C)c1C. The van der Waals surface area contributed by atoms with E-state index in [1.807, 2.05) is 19.1 Å². The Morgan fingerprint density at radius 3 is 2.42 bits per heavy atom. The standard InChI is InChI=1S/C11H15N/c1-7(2)11-6-10(12)5-8(3)9(11)4/h5-6H,1,12H2,2-4H3. The lowest BCUT2D eigenvalue weighted by molar-refractivity contribution is 1.31. The molecule has 0 bridgehead atoms.